The lowest BCUT2D eigenvalue weighted by molar-refractivity contribution is -0.128. The molecule has 4 rings (SSSR count). The standard InChI is InChI=1S/C22H24F2N8O2/c1-30(20-19-16(31(2)22(33)28-20)9-6-14(12-25)27-19)15-7-4-13(5-8-15)18(29-34-21(23)24)17-10-11-26-32(17)3/h6,9-11,13,15,21H,4-5,7-8H2,1-3H3/b29-18-/t13-,15+. The third-order valence-electron chi connectivity index (χ3n) is 6.33. The highest BCUT2D eigenvalue weighted by molar-refractivity contribution is 6.00. The minimum Gasteiger partial charge on any atom is -0.355 e. The van der Waals surface area contributed by atoms with E-state index in [1.165, 1.54) is 4.57 Å². The summed E-state index contributed by atoms with van der Waals surface area (Å²) in [5.41, 5.74) is 1.97. The Morgan fingerprint density at radius 1 is 1.24 bits per heavy atom. The fourth-order valence-electron chi connectivity index (χ4n) is 4.48. The number of aryl methyl sites for hydroxylation is 2. The molecule has 1 saturated carbocycles. The molecule has 0 radical (unpaired) electrons. The Morgan fingerprint density at radius 2 is 1.97 bits per heavy atom. The SMILES string of the molecule is Cn1nccc1/C(=N\OC(F)F)[C@H]1CC[C@@H](N(C)c2nc(=O)n(C)c3ccc(C#N)nc23)CC1. The van der Waals surface area contributed by atoms with Crippen molar-refractivity contribution in [2.45, 2.75) is 38.3 Å². The molecule has 0 atom stereocenters. The van der Waals surface area contributed by atoms with Crippen LogP contribution in [0, 0.1) is 17.2 Å². The fourth-order valence-corrected chi connectivity index (χ4v) is 4.48. The second kappa shape index (κ2) is 9.54. The second-order valence-electron chi connectivity index (χ2n) is 8.25. The van der Waals surface area contributed by atoms with Gasteiger partial charge < -0.3 is 9.74 Å². The summed E-state index contributed by atoms with van der Waals surface area (Å²) >= 11 is 0. The molecule has 1 aliphatic rings. The predicted octanol–water partition coefficient (Wildman–Crippen LogP) is 2.57. The van der Waals surface area contributed by atoms with Gasteiger partial charge in [-0.1, -0.05) is 5.16 Å². The molecule has 0 aliphatic heterocycles. The molecule has 1 fully saturated rings. The van der Waals surface area contributed by atoms with Crippen LogP contribution in [0.15, 0.2) is 34.3 Å². The number of anilines is 1. The third kappa shape index (κ3) is 4.46. The fraction of sp³-hybridized carbons (Fsp3) is 0.455. The van der Waals surface area contributed by atoms with Crippen molar-refractivity contribution in [3.05, 3.63) is 46.3 Å². The van der Waals surface area contributed by atoms with Crippen molar-refractivity contribution in [1.29, 1.82) is 5.26 Å². The van der Waals surface area contributed by atoms with Gasteiger partial charge in [-0.05, 0) is 43.9 Å². The Hall–Kier alpha value is -3.88. The maximum Gasteiger partial charge on any atom is 0.407 e. The minimum atomic E-state index is -3.00. The van der Waals surface area contributed by atoms with Gasteiger partial charge in [0.05, 0.1) is 11.2 Å². The monoisotopic (exact) mass is 470 g/mol. The molecule has 34 heavy (non-hydrogen) atoms. The van der Waals surface area contributed by atoms with Gasteiger partial charge in [-0.15, -0.1) is 0 Å². The highest BCUT2D eigenvalue weighted by atomic mass is 19.3. The average molecular weight is 470 g/mol. The largest absolute Gasteiger partial charge is 0.407 e. The zero-order valence-corrected chi connectivity index (χ0v) is 19.0. The van der Waals surface area contributed by atoms with Crippen molar-refractivity contribution in [3.63, 3.8) is 0 Å². The molecule has 10 nitrogen and oxygen atoms in total. The number of fused-ring (bicyclic) bond motifs is 1. The third-order valence-corrected chi connectivity index (χ3v) is 6.33. The van der Waals surface area contributed by atoms with Gasteiger partial charge in [0.2, 0.25) is 0 Å². The molecule has 0 unspecified atom stereocenters. The van der Waals surface area contributed by atoms with Crippen LogP contribution in [0.4, 0.5) is 14.6 Å². The first kappa shape index (κ1) is 23.3. The summed E-state index contributed by atoms with van der Waals surface area (Å²) in [6.45, 7) is -3.00. The van der Waals surface area contributed by atoms with Gasteiger partial charge >= 0.3 is 12.3 Å². The van der Waals surface area contributed by atoms with Crippen LogP contribution in [0.1, 0.15) is 37.1 Å². The number of oxime groups is 1. The molecular weight excluding hydrogens is 446 g/mol. The van der Waals surface area contributed by atoms with Crippen LogP contribution < -0.4 is 10.6 Å². The normalized spacial score (nSPS) is 18.8. The lowest BCUT2D eigenvalue weighted by Gasteiger charge is -2.35. The Bertz CT molecular complexity index is 1320. The van der Waals surface area contributed by atoms with Gasteiger partial charge in [0.15, 0.2) is 5.82 Å². The lowest BCUT2D eigenvalue weighted by Crippen LogP contribution is -2.39. The van der Waals surface area contributed by atoms with E-state index in [9.17, 15) is 18.8 Å². The number of nitrogens with zero attached hydrogens (tertiary/aromatic N) is 8. The Kier molecular flexibility index (Phi) is 6.54. The van der Waals surface area contributed by atoms with Gasteiger partial charge in [0.25, 0.3) is 0 Å². The quantitative estimate of drug-likeness (QED) is 0.402. The van der Waals surface area contributed by atoms with E-state index in [4.69, 9.17) is 0 Å². The van der Waals surface area contributed by atoms with Crippen LogP contribution in [-0.4, -0.2) is 49.7 Å². The highest BCUT2D eigenvalue weighted by Crippen LogP contribution is 2.33. The van der Waals surface area contributed by atoms with E-state index in [2.05, 4.69) is 25.1 Å². The van der Waals surface area contributed by atoms with Gasteiger partial charge in [-0.3, -0.25) is 9.25 Å². The Morgan fingerprint density at radius 3 is 2.59 bits per heavy atom. The number of aromatic nitrogens is 5. The molecule has 3 heterocycles. The first-order valence-electron chi connectivity index (χ1n) is 10.8. The van der Waals surface area contributed by atoms with Gasteiger partial charge in [-0.2, -0.15) is 24.1 Å². The summed E-state index contributed by atoms with van der Waals surface area (Å²) < 4.78 is 28.4. The van der Waals surface area contributed by atoms with E-state index < -0.39 is 12.3 Å². The molecule has 0 amide bonds. The molecule has 3 aromatic heterocycles. The number of nitriles is 1. The second-order valence-corrected chi connectivity index (χ2v) is 8.25. The van der Waals surface area contributed by atoms with E-state index in [0.717, 1.165) is 0 Å². The first-order valence-corrected chi connectivity index (χ1v) is 10.8. The summed E-state index contributed by atoms with van der Waals surface area (Å²) in [6.07, 6.45) is 4.35. The average Bonchev–Trinajstić information content (AvgIpc) is 3.26. The smallest absolute Gasteiger partial charge is 0.355 e. The zero-order valence-electron chi connectivity index (χ0n) is 19.0. The van der Waals surface area contributed by atoms with Gasteiger partial charge in [0, 0.05) is 39.3 Å². The number of rotatable bonds is 6. The number of pyridine rings is 1. The van der Waals surface area contributed by atoms with E-state index in [1.54, 1.807) is 43.2 Å². The van der Waals surface area contributed by atoms with Crippen LogP contribution in [0.5, 0.6) is 0 Å². The molecule has 1 aliphatic carbocycles. The van der Waals surface area contributed by atoms with Crippen LogP contribution >= 0.6 is 0 Å². The molecule has 12 heteroatoms. The minimum absolute atomic E-state index is 0.0374. The van der Waals surface area contributed by atoms with Crippen LogP contribution in [0.25, 0.3) is 11.0 Å². The molecule has 0 N–H and O–H groups in total. The van der Waals surface area contributed by atoms with E-state index in [1.807, 2.05) is 18.0 Å². The van der Waals surface area contributed by atoms with Crippen molar-refractivity contribution in [3.8, 4) is 6.07 Å². The predicted molar refractivity (Wildman–Crippen MR) is 120 cm³/mol. The summed E-state index contributed by atoms with van der Waals surface area (Å²) in [4.78, 5) is 27.3. The Balaban J connectivity index is 1.59. The van der Waals surface area contributed by atoms with Crippen molar-refractivity contribution in [2.75, 3.05) is 11.9 Å². The maximum atomic E-state index is 12.7. The van der Waals surface area contributed by atoms with Crippen LogP contribution in [-0.2, 0) is 18.9 Å². The molecular formula is C22H24F2N8O2. The number of hydrogen-bond donors (Lipinski definition) is 0. The molecule has 178 valence electrons. The van der Waals surface area contributed by atoms with E-state index >= 15 is 0 Å². The van der Waals surface area contributed by atoms with Gasteiger partial charge in [0.1, 0.15) is 23.0 Å². The first-order chi connectivity index (χ1) is 16.3. The molecule has 0 spiro atoms. The molecule has 0 aromatic carbocycles. The summed E-state index contributed by atoms with van der Waals surface area (Å²) in [6, 6.07) is 7.04. The zero-order chi connectivity index (χ0) is 24.4. The summed E-state index contributed by atoms with van der Waals surface area (Å²) in [5.74, 6) is 0.329. The van der Waals surface area contributed by atoms with Crippen LogP contribution in [0.3, 0.4) is 0 Å². The Labute approximate surface area is 194 Å². The van der Waals surface area contributed by atoms with Crippen molar-refractivity contribution >= 4 is 22.6 Å². The summed E-state index contributed by atoms with van der Waals surface area (Å²) in [7, 11) is 5.19. The van der Waals surface area contributed by atoms with E-state index in [-0.39, 0.29) is 17.7 Å². The van der Waals surface area contributed by atoms with Crippen molar-refractivity contribution in [1.82, 2.24) is 24.3 Å². The lowest BCUT2D eigenvalue weighted by atomic mass is 9.81. The maximum absolute atomic E-state index is 12.7. The van der Waals surface area contributed by atoms with Crippen molar-refractivity contribution < 1.29 is 13.6 Å². The van der Waals surface area contributed by atoms with Crippen molar-refractivity contribution in [2.24, 2.45) is 25.2 Å². The van der Waals surface area contributed by atoms with Gasteiger partial charge in [-0.25, -0.2) is 9.78 Å². The van der Waals surface area contributed by atoms with E-state index in [0.29, 0.717) is 53.9 Å². The molecule has 0 saturated heterocycles. The topological polar surface area (TPSA) is 114 Å². The van der Waals surface area contributed by atoms with Crippen LogP contribution in [0.2, 0.25) is 0 Å². The number of alkyl halides is 2. The molecule has 0 bridgehead atoms. The molecule has 3 aromatic rings. The summed E-state index contributed by atoms with van der Waals surface area (Å²) in [5, 5.41) is 17.1. The highest BCUT2D eigenvalue weighted by Gasteiger charge is 2.31. The number of halogens is 2. The number of hydrogen-bond acceptors (Lipinski definition) is 8.